The lowest BCUT2D eigenvalue weighted by atomic mass is 10.2. The fourth-order valence-corrected chi connectivity index (χ4v) is 3.20. The van der Waals surface area contributed by atoms with Gasteiger partial charge in [0.15, 0.2) is 0 Å². The molecule has 0 unspecified atom stereocenters. The predicted octanol–water partition coefficient (Wildman–Crippen LogP) is 1.59. The highest BCUT2D eigenvalue weighted by molar-refractivity contribution is 5.15. The summed E-state index contributed by atoms with van der Waals surface area (Å²) in [6.07, 6.45) is 0.523. The van der Waals surface area contributed by atoms with E-state index in [4.69, 9.17) is 0 Å². The van der Waals surface area contributed by atoms with Crippen molar-refractivity contribution in [2.75, 3.05) is 27.2 Å². The monoisotopic (exact) mass is 329 g/mol. The lowest BCUT2D eigenvalue weighted by Crippen LogP contribution is -2.23. The Balaban J connectivity index is 1.71. The number of aliphatic hydroxyl groups is 1. The van der Waals surface area contributed by atoms with Gasteiger partial charge in [0.05, 0.1) is 17.1 Å². The first-order valence-corrected chi connectivity index (χ1v) is 8.55. The molecular formula is C18H27N5O. The molecule has 1 aliphatic heterocycles. The quantitative estimate of drug-likeness (QED) is 0.903. The van der Waals surface area contributed by atoms with Crippen molar-refractivity contribution in [3.8, 4) is 0 Å². The van der Waals surface area contributed by atoms with Gasteiger partial charge in [-0.05, 0) is 45.6 Å². The summed E-state index contributed by atoms with van der Waals surface area (Å²) in [6, 6.07) is 8.23. The molecule has 2 aromatic rings. The van der Waals surface area contributed by atoms with E-state index in [0.717, 1.165) is 49.7 Å². The second kappa shape index (κ2) is 7.42. The lowest BCUT2D eigenvalue weighted by Gasteiger charge is -2.19. The Kier molecular flexibility index (Phi) is 5.28. The molecule has 0 spiro atoms. The SMILES string of the molecule is Cc1cccc(CN2CCCn3nc([C@@H](O)CN(C)C)cc3C2)n1. The molecule has 0 saturated heterocycles. The zero-order valence-corrected chi connectivity index (χ0v) is 14.8. The van der Waals surface area contributed by atoms with Crippen molar-refractivity contribution in [2.45, 2.75) is 39.1 Å². The van der Waals surface area contributed by atoms with Gasteiger partial charge in [0.2, 0.25) is 0 Å². The Labute approximate surface area is 143 Å². The number of hydrogen-bond acceptors (Lipinski definition) is 5. The van der Waals surface area contributed by atoms with Crippen LogP contribution in [0.3, 0.4) is 0 Å². The van der Waals surface area contributed by atoms with Crippen LogP contribution in [0.4, 0.5) is 0 Å². The van der Waals surface area contributed by atoms with E-state index in [1.54, 1.807) is 0 Å². The van der Waals surface area contributed by atoms with Crippen LogP contribution in [0.5, 0.6) is 0 Å². The summed E-state index contributed by atoms with van der Waals surface area (Å²) in [4.78, 5) is 8.99. The van der Waals surface area contributed by atoms with Gasteiger partial charge in [0.25, 0.3) is 0 Å². The smallest absolute Gasteiger partial charge is 0.110 e. The average molecular weight is 329 g/mol. The molecule has 0 amide bonds. The molecular weight excluding hydrogens is 302 g/mol. The topological polar surface area (TPSA) is 57.4 Å². The van der Waals surface area contributed by atoms with Gasteiger partial charge < -0.3 is 10.0 Å². The molecule has 1 N–H and O–H groups in total. The number of pyridine rings is 1. The van der Waals surface area contributed by atoms with E-state index in [-0.39, 0.29) is 0 Å². The largest absolute Gasteiger partial charge is 0.385 e. The van der Waals surface area contributed by atoms with Crippen molar-refractivity contribution < 1.29 is 5.11 Å². The van der Waals surface area contributed by atoms with Gasteiger partial charge in [-0.1, -0.05) is 6.07 Å². The van der Waals surface area contributed by atoms with E-state index in [1.165, 1.54) is 5.69 Å². The van der Waals surface area contributed by atoms with E-state index in [9.17, 15) is 5.11 Å². The molecule has 0 aromatic carbocycles. The molecule has 6 nitrogen and oxygen atoms in total. The van der Waals surface area contributed by atoms with Gasteiger partial charge in [-0.2, -0.15) is 5.10 Å². The Morgan fingerprint density at radius 3 is 2.88 bits per heavy atom. The Hall–Kier alpha value is -1.76. The van der Waals surface area contributed by atoms with Gasteiger partial charge in [-0.25, -0.2) is 0 Å². The first kappa shape index (κ1) is 17.1. The fourth-order valence-electron chi connectivity index (χ4n) is 3.20. The molecule has 3 heterocycles. The van der Waals surface area contributed by atoms with E-state index in [1.807, 2.05) is 32.0 Å². The van der Waals surface area contributed by atoms with Gasteiger partial charge in [0, 0.05) is 38.4 Å². The Morgan fingerprint density at radius 2 is 2.12 bits per heavy atom. The minimum atomic E-state index is -0.536. The highest BCUT2D eigenvalue weighted by Crippen LogP contribution is 2.19. The molecule has 2 aromatic heterocycles. The molecule has 0 aliphatic carbocycles. The Bertz CT molecular complexity index is 682. The van der Waals surface area contributed by atoms with Crippen LogP contribution in [0, 0.1) is 6.92 Å². The molecule has 1 atom stereocenters. The second-order valence-corrected chi connectivity index (χ2v) is 6.90. The maximum Gasteiger partial charge on any atom is 0.110 e. The van der Waals surface area contributed by atoms with E-state index >= 15 is 0 Å². The third kappa shape index (κ3) is 4.20. The third-order valence-electron chi connectivity index (χ3n) is 4.32. The summed E-state index contributed by atoms with van der Waals surface area (Å²) in [6.45, 7) is 6.25. The Morgan fingerprint density at radius 1 is 1.29 bits per heavy atom. The van der Waals surface area contributed by atoms with Crippen LogP contribution >= 0.6 is 0 Å². The minimum absolute atomic E-state index is 0.536. The number of nitrogens with zero attached hydrogens (tertiary/aromatic N) is 5. The number of aliphatic hydroxyl groups excluding tert-OH is 1. The van der Waals surface area contributed by atoms with Crippen LogP contribution in [0.2, 0.25) is 0 Å². The number of rotatable bonds is 5. The summed E-state index contributed by atoms with van der Waals surface area (Å²) < 4.78 is 2.05. The predicted molar refractivity (Wildman–Crippen MR) is 93.4 cm³/mol. The highest BCUT2D eigenvalue weighted by atomic mass is 16.3. The molecule has 0 saturated carbocycles. The molecule has 0 radical (unpaired) electrons. The molecule has 6 heteroatoms. The molecule has 1 aliphatic rings. The van der Waals surface area contributed by atoms with Crippen LogP contribution in [0.15, 0.2) is 24.3 Å². The number of fused-ring (bicyclic) bond motifs is 1. The van der Waals surface area contributed by atoms with Crippen molar-refractivity contribution in [2.24, 2.45) is 0 Å². The maximum atomic E-state index is 10.3. The highest BCUT2D eigenvalue weighted by Gasteiger charge is 2.20. The molecule has 0 bridgehead atoms. The maximum absolute atomic E-state index is 10.3. The number of aromatic nitrogens is 3. The standard InChI is InChI=1S/C18H27N5O/c1-14-6-4-7-15(19-14)11-22-8-5-9-23-16(12-22)10-17(20-23)18(24)13-21(2)3/h4,6-7,10,18,24H,5,8-9,11-13H2,1-3H3/t18-/m0/s1. The number of hydrogen-bond donors (Lipinski definition) is 1. The molecule has 130 valence electrons. The summed E-state index contributed by atoms with van der Waals surface area (Å²) in [5.74, 6) is 0. The van der Waals surface area contributed by atoms with Crippen molar-refractivity contribution in [3.63, 3.8) is 0 Å². The molecule has 3 rings (SSSR count). The molecule has 24 heavy (non-hydrogen) atoms. The van der Waals surface area contributed by atoms with Crippen LogP contribution < -0.4 is 0 Å². The minimum Gasteiger partial charge on any atom is -0.385 e. The zero-order valence-electron chi connectivity index (χ0n) is 14.8. The first-order valence-electron chi connectivity index (χ1n) is 8.55. The van der Waals surface area contributed by atoms with Crippen molar-refractivity contribution in [1.29, 1.82) is 0 Å². The summed E-state index contributed by atoms with van der Waals surface area (Å²) in [5, 5.41) is 14.9. The zero-order chi connectivity index (χ0) is 17.1. The summed E-state index contributed by atoms with van der Waals surface area (Å²) in [5.41, 5.74) is 4.11. The van der Waals surface area contributed by atoms with Gasteiger partial charge in [-0.15, -0.1) is 0 Å². The molecule has 0 fully saturated rings. The fraction of sp³-hybridized carbons (Fsp3) is 0.556. The van der Waals surface area contributed by atoms with E-state index in [0.29, 0.717) is 6.54 Å². The first-order chi connectivity index (χ1) is 11.5. The normalized spacial score (nSPS) is 16.9. The third-order valence-corrected chi connectivity index (χ3v) is 4.32. The van der Waals surface area contributed by atoms with Crippen molar-refractivity contribution in [1.82, 2.24) is 24.6 Å². The van der Waals surface area contributed by atoms with Crippen LogP contribution in [-0.4, -0.2) is 56.9 Å². The van der Waals surface area contributed by atoms with Gasteiger partial charge in [0.1, 0.15) is 6.10 Å². The van der Waals surface area contributed by atoms with E-state index in [2.05, 4.69) is 37.9 Å². The second-order valence-electron chi connectivity index (χ2n) is 6.90. The van der Waals surface area contributed by atoms with E-state index < -0.39 is 6.10 Å². The van der Waals surface area contributed by atoms with Crippen LogP contribution in [0.1, 0.15) is 35.3 Å². The van der Waals surface area contributed by atoms with Gasteiger partial charge in [-0.3, -0.25) is 14.6 Å². The van der Waals surface area contributed by atoms with Gasteiger partial charge >= 0.3 is 0 Å². The summed E-state index contributed by atoms with van der Waals surface area (Å²) >= 11 is 0. The number of aryl methyl sites for hydroxylation is 2. The van der Waals surface area contributed by atoms with Crippen molar-refractivity contribution in [3.05, 3.63) is 47.0 Å². The van der Waals surface area contributed by atoms with Crippen LogP contribution in [0.25, 0.3) is 0 Å². The summed E-state index contributed by atoms with van der Waals surface area (Å²) in [7, 11) is 3.92. The lowest BCUT2D eigenvalue weighted by molar-refractivity contribution is 0.133. The van der Waals surface area contributed by atoms with Crippen molar-refractivity contribution >= 4 is 0 Å². The van der Waals surface area contributed by atoms with Crippen LogP contribution in [-0.2, 0) is 19.6 Å². The average Bonchev–Trinajstić information content (AvgIpc) is 2.81. The number of likely N-dealkylation sites (N-methyl/N-ethyl adjacent to an activating group) is 1.